The fourth-order valence-electron chi connectivity index (χ4n) is 2.75. The number of nitrogens with zero attached hydrogens (tertiary/aromatic N) is 3. The molecule has 0 aliphatic carbocycles. The molecule has 7 heteroatoms. The Balaban J connectivity index is 1.85. The fraction of sp³-hybridized carbons (Fsp3) is 0.211. The molecule has 5 nitrogen and oxygen atoms in total. The Hall–Kier alpha value is -2.37. The maximum atomic E-state index is 12.8. The summed E-state index contributed by atoms with van der Waals surface area (Å²) in [5.74, 6) is -0.156. The predicted molar refractivity (Wildman–Crippen MR) is 104 cm³/mol. The molecule has 0 fully saturated rings. The normalized spacial score (nSPS) is 10.9. The maximum absolute atomic E-state index is 12.8. The highest BCUT2D eigenvalue weighted by atomic mass is 35.5. The summed E-state index contributed by atoms with van der Waals surface area (Å²) in [7, 11) is 0. The van der Waals surface area contributed by atoms with Gasteiger partial charge in [-0.05, 0) is 36.8 Å². The van der Waals surface area contributed by atoms with Crippen LogP contribution in [0.3, 0.4) is 0 Å². The second kappa shape index (κ2) is 7.89. The minimum Gasteiger partial charge on any atom is -0.337 e. The van der Waals surface area contributed by atoms with Crippen LogP contribution in [0.25, 0.3) is 11.0 Å². The zero-order valence-corrected chi connectivity index (χ0v) is 15.7. The Morgan fingerprint density at radius 3 is 2.65 bits per heavy atom. The SMILES string of the molecule is CCN(Cc1ccc(Cl)c(Cl)c1)C(=O)Cn1c(=O)cnc2ccccc21. The van der Waals surface area contributed by atoms with Crippen molar-refractivity contribution in [2.45, 2.75) is 20.0 Å². The smallest absolute Gasteiger partial charge is 0.269 e. The lowest BCUT2D eigenvalue weighted by atomic mass is 10.2. The standard InChI is InChI=1S/C19H17Cl2N3O2/c1-2-23(11-13-7-8-14(20)15(21)9-13)19(26)12-24-17-6-4-3-5-16(17)22-10-18(24)25/h3-10H,2,11-12H2,1H3. The summed E-state index contributed by atoms with van der Waals surface area (Å²) in [5.41, 5.74) is 1.88. The predicted octanol–water partition coefficient (Wildman–Crippen LogP) is 3.75. The third-order valence-electron chi connectivity index (χ3n) is 4.14. The van der Waals surface area contributed by atoms with Crippen molar-refractivity contribution in [2.24, 2.45) is 0 Å². The van der Waals surface area contributed by atoms with Crippen LogP contribution in [0.2, 0.25) is 10.0 Å². The summed E-state index contributed by atoms with van der Waals surface area (Å²) in [6, 6.07) is 12.5. The number of hydrogen-bond acceptors (Lipinski definition) is 3. The van der Waals surface area contributed by atoms with E-state index >= 15 is 0 Å². The molecule has 1 amide bonds. The number of aromatic nitrogens is 2. The average molecular weight is 390 g/mol. The van der Waals surface area contributed by atoms with E-state index in [1.54, 1.807) is 23.1 Å². The molecule has 0 unspecified atom stereocenters. The maximum Gasteiger partial charge on any atom is 0.269 e. The first-order valence-corrected chi connectivity index (χ1v) is 8.91. The van der Waals surface area contributed by atoms with Crippen LogP contribution < -0.4 is 5.56 Å². The van der Waals surface area contributed by atoms with Crippen LogP contribution in [-0.2, 0) is 17.9 Å². The molecular formula is C19H17Cl2N3O2. The Bertz CT molecular complexity index is 1020. The Morgan fingerprint density at radius 2 is 1.92 bits per heavy atom. The van der Waals surface area contributed by atoms with Crippen LogP contribution in [0.4, 0.5) is 0 Å². The monoisotopic (exact) mass is 389 g/mol. The van der Waals surface area contributed by atoms with Gasteiger partial charge in [0.2, 0.25) is 5.91 Å². The summed E-state index contributed by atoms with van der Waals surface area (Å²) < 4.78 is 1.45. The highest BCUT2D eigenvalue weighted by Gasteiger charge is 2.15. The van der Waals surface area contributed by atoms with Crippen LogP contribution in [0.5, 0.6) is 0 Å². The summed E-state index contributed by atoms with van der Waals surface area (Å²) in [6.07, 6.45) is 1.24. The van der Waals surface area contributed by atoms with Crippen LogP contribution in [0.15, 0.2) is 53.5 Å². The van der Waals surface area contributed by atoms with E-state index in [0.717, 1.165) is 5.56 Å². The molecule has 134 valence electrons. The summed E-state index contributed by atoms with van der Waals surface area (Å²) in [6.45, 7) is 2.75. The lowest BCUT2D eigenvalue weighted by Crippen LogP contribution is -2.36. The van der Waals surface area contributed by atoms with E-state index < -0.39 is 0 Å². The van der Waals surface area contributed by atoms with Gasteiger partial charge in [0, 0.05) is 13.1 Å². The molecule has 3 aromatic rings. The van der Waals surface area contributed by atoms with Gasteiger partial charge < -0.3 is 4.90 Å². The van der Waals surface area contributed by atoms with Crippen molar-refractivity contribution in [1.82, 2.24) is 14.5 Å². The van der Waals surface area contributed by atoms with Gasteiger partial charge in [-0.2, -0.15) is 0 Å². The number of rotatable bonds is 5. The van der Waals surface area contributed by atoms with Gasteiger partial charge in [0.15, 0.2) is 0 Å². The van der Waals surface area contributed by atoms with Crippen molar-refractivity contribution in [1.29, 1.82) is 0 Å². The Morgan fingerprint density at radius 1 is 1.15 bits per heavy atom. The molecule has 0 atom stereocenters. The molecule has 0 saturated carbocycles. The molecule has 0 saturated heterocycles. The molecular weight excluding hydrogens is 373 g/mol. The number of fused-ring (bicyclic) bond motifs is 1. The van der Waals surface area contributed by atoms with Crippen LogP contribution >= 0.6 is 23.2 Å². The van der Waals surface area contributed by atoms with Gasteiger partial charge in [-0.25, -0.2) is 4.98 Å². The first-order valence-electron chi connectivity index (χ1n) is 8.16. The van der Waals surface area contributed by atoms with Crippen LogP contribution in [0.1, 0.15) is 12.5 Å². The fourth-order valence-corrected chi connectivity index (χ4v) is 3.07. The summed E-state index contributed by atoms with van der Waals surface area (Å²) in [5, 5.41) is 0.920. The highest BCUT2D eigenvalue weighted by molar-refractivity contribution is 6.42. The van der Waals surface area contributed by atoms with Gasteiger partial charge in [-0.1, -0.05) is 41.4 Å². The first-order chi connectivity index (χ1) is 12.5. The van der Waals surface area contributed by atoms with Crippen molar-refractivity contribution >= 4 is 40.1 Å². The third kappa shape index (κ3) is 3.89. The number of amides is 1. The van der Waals surface area contributed by atoms with Gasteiger partial charge in [-0.15, -0.1) is 0 Å². The van der Waals surface area contributed by atoms with Crippen molar-refractivity contribution < 1.29 is 4.79 Å². The van der Waals surface area contributed by atoms with Crippen molar-refractivity contribution in [2.75, 3.05) is 6.54 Å². The van der Waals surface area contributed by atoms with Crippen molar-refractivity contribution in [3.05, 3.63) is 74.6 Å². The van der Waals surface area contributed by atoms with E-state index in [9.17, 15) is 9.59 Å². The van der Waals surface area contributed by atoms with Gasteiger partial charge in [0.25, 0.3) is 5.56 Å². The quantitative estimate of drug-likeness (QED) is 0.667. The minimum atomic E-state index is -0.303. The molecule has 0 spiro atoms. The average Bonchev–Trinajstić information content (AvgIpc) is 2.64. The van der Waals surface area contributed by atoms with Gasteiger partial charge in [-0.3, -0.25) is 14.2 Å². The number of carbonyl (C=O) groups is 1. The van der Waals surface area contributed by atoms with E-state index in [1.807, 2.05) is 31.2 Å². The molecule has 0 aliphatic heterocycles. The van der Waals surface area contributed by atoms with Crippen LogP contribution in [-0.4, -0.2) is 26.9 Å². The van der Waals surface area contributed by atoms with E-state index in [2.05, 4.69) is 4.98 Å². The summed E-state index contributed by atoms with van der Waals surface area (Å²) >= 11 is 12.0. The molecule has 0 aliphatic rings. The number of hydrogen-bond donors (Lipinski definition) is 0. The van der Waals surface area contributed by atoms with Gasteiger partial charge in [0.05, 0.1) is 27.3 Å². The second-order valence-corrected chi connectivity index (χ2v) is 6.64. The van der Waals surface area contributed by atoms with E-state index in [-0.39, 0.29) is 18.0 Å². The van der Waals surface area contributed by atoms with Gasteiger partial charge in [0.1, 0.15) is 6.54 Å². The first kappa shape index (κ1) is 18.4. The second-order valence-electron chi connectivity index (χ2n) is 5.83. The summed E-state index contributed by atoms with van der Waals surface area (Å²) in [4.78, 5) is 30.8. The number of halogens is 2. The minimum absolute atomic E-state index is 0.0446. The molecule has 26 heavy (non-hydrogen) atoms. The third-order valence-corrected chi connectivity index (χ3v) is 4.88. The molecule has 0 bridgehead atoms. The molecule has 3 rings (SSSR count). The van der Waals surface area contributed by atoms with Crippen molar-refractivity contribution in [3.63, 3.8) is 0 Å². The van der Waals surface area contributed by atoms with Crippen LogP contribution in [0, 0.1) is 0 Å². The highest BCUT2D eigenvalue weighted by Crippen LogP contribution is 2.23. The van der Waals surface area contributed by atoms with E-state index in [1.165, 1.54) is 10.8 Å². The molecule has 1 aromatic heterocycles. The largest absolute Gasteiger partial charge is 0.337 e. The Labute approximate surface area is 160 Å². The number of likely N-dealkylation sites (N-methyl/N-ethyl adjacent to an activating group) is 1. The molecule has 0 radical (unpaired) electrons. The molecule has 0 N–H and O–H groups in total. The number of carbonyl (C=O) groups excluding carboxylic acids is 1. The van der Waals surface area contributed by atoms with Crippen molar-refractivity contribution in [3.8, 4) is 0 Å². The van der Waals surface area contributed by atoms with Gasteiger partial charge >= 0.3 is 0 Å². The topological polar surface area (TPSA) is 55.2 Å². The zero-order chi connectivity index (χ0) is 18.7. The number of benzene rings is 2. The lowest BCUT2D eigenvalue weighted by Gasteiger charge is -2.22. The number of para-hydroxylation sites is 2. The molecule has 1 heterocycles. The Kier molecular flexibility index (Phi) is 5.59. The zero-order valence-electron chi connectivity index (χ0n) is 14.2. The lowest BCUT2D eigenvalue weighted by molar-refractivity contribution is -0.132. The van der Waals surface area contributed by atoms with E-state index in [0.29, 0.717) is 34.2 Å². The van der Waals surface area contributed by atoms with E-state index in [4.69, 9.17) is 23.2 Å². The molecule has 2 aromatic carbocycles.